The van der Waals surface area contributed by atoms with E-state index >= 15 is 0 Å². The van der Waals surface area contributed by atoms with Gasteiger partial charge in [0.1, 0.15) is 5.75 Å². The van der Waals surface area contributed by atoms with Crippen molar-refractivity contribution in [2.45, 2.75) is 56.3 Å². The Kier molecular flexibility index (Phi) is 15.7. The van der Waals surface area contributed by atoms with Crippen LogP contribution in [0.4, 0.5) is 5.69 Å². The molecule has 5 N–H and O–H groups in total. The predicted molar refractivity (Wildman–Crippen MR) is 179 cm³/mol. The maximum Gasteiger partial charge on any atom is 0.410 e. The number of aromatic hydroxyl groups is 1. The normalized spacial score (nSPS) is 12.5. The van der Waals surface area contributed by atoms with Crippen molar-refractivity contribution in [2.75, 3.05) is 43.9 Å². The smallest absolute Gasteiger partial charge is 0.410 e. The van der Waals surface area contributed by atoms with Crippen LogP contribution in [0.15, 0.2) is 71.6 Å². The van der Waals surface area contributed by atoms with Crippen molar-refractivity contribution >= 4 is 31.8 Å². The number of hydrogen-bond donors (Lipinski definition) is 5. The fraction of sp³-hybridized carbons (Fsp3) is 0.424. The molecule has 0 heterocycles. The third-order valence-corrected chi connectivity index (χ3v) is 9.12. The molecule has 3 rings (SSSR count). The lowest BCUT2D eigenvalue weighted by molar-refractivity contribution is -0.133. The van der Waals surface area contributed by atoms with Gasteiger partial charge in [-0.3, -0.25) is 9.52 Å². The van der Waals surface area contributed by atoms with Gasteiger partial charge in [0.25, 0.3) is 0 Å². The van der Waals surface area contributed by atoms with Crippen molar-refractivity contribution in [3.05, 3.63) is 89.0 Å². The van der Waals surface area contributed by atoms with E-state index < -0.39 is 32.2 Å². The number of carbonyl (C=O) groups is 1. The second-order valence-corrected chi connectivity index (χ2v) is 14.4. The van der Waals surface area contributed by atoms with Crippen LogP contribution < -0.4 is 10.0 Å². The summed E-state index contributed by atoms with van der Waals surface area (Å²) in [6.07, 6.45) is 3.84. The van der Waals surface area contributed by atoms with Crippen LogP contribution in [0.3, 0.4) is 0 Å². The summed E-state index contributed by atoms with van der Waals surface area (Å²) in [7, 11) is -7.84. The predicted octanol–water partition coefficient (Wildman–Crippen LogP) is 3.15. The molecule has 48 heavy (non-hydrogen) atoms. The molecule has 3 aromatic carbocycles. The summed E-state index contributed by atoms with van der Waals surface area (Å²) in [5.41, 5.74) is 2.31. The van der Waals surface area contributed by atoms with Gasteiger partial charge in [0.2, 0.25) is 0 Å². The molecule has 0 aliphatic heterocycles. The van der Waals surface area contributed by atoms with Crippen molar-refractivity contribution < 1.29 is 50.6 Å². The molecule has 0 saturated heterocycles. The van der Waals surface area contributed by atoms with E-state index in [9.17, 15) is 36.9 Å². The Bertz CT molecular complexity index is 1670. The lowest BCUT2D eigenvalue weighted by Crippen LogP contribution is -2.22. The first-order valence-electron chi connectivity index (χ1n) is 15.5. The molecule has 13 nitrogen and oxygen atoms in total. The van der Waals surface area contributed by atoms with E-state index in [1.807, 2.05) is 0 Å². The molecule has 0 aliphatic rings. The van der Waals surface area contributed by atoms with Gasteiger partial charge in [-0.15, -0.1) is 0 Å². The first-order valence-corrected chi connectivity index (χ1v) is 18.8. The summed E-state index contributed by atoms with van der Waals surface area (Å²) in [5.74, 6) is -1.02. The van der Waals surface area contributed by atoms with E-state index in [0.717, 1.165) is 38.5 Å². The highest BCUT2D eigenvalue weighted by molar-refractivity contribution is 7.90. The number of nitrogens with one attached hydrogen (secondary N) is 2. The van der Waals surface area contributed by atoms with Crippen LogP contribution in [0.2, 0.25) is 0 Å². The fourth-order valence-electron chi connectivity index (χ4n) is 4.58. The molecule has 0 aromatic heterocycles. The zero-order valence-electron chi connectivity index (χ0n) is 26.8. The van der Waals surface area contributed by atoms with E-state index in [0.29, 0.717) is 48.6 Å². The Morgan fingerprint density at radius 3 is 2.31 bits per heavy atom. The summed E-state index contributed by atoms with van der Waals surface area (Å²) < 4.78 is 65.9. The van der Waals surface area contributed by atoms with Crippen molar-refractivity contribution in [1.82, 2.24) is 5.32 Å². The first-order chi connectivity index (χ1) is 22.9. The molecule has 0 fully saturated rings. The molecule has 0 aliphatic carbocycles. The number of unbranched alkanes of at least 4 members (excludes halogenated alkanes) is 3. The topological polar surface area (TPSA) is 198 Å². The minimum atomic E-state index is -4.45. The molecule has 1 atom stereocenters. The molecule has 0 saturated carbocycles. The summed E-state index contributed by atoms with van der Waals surface area (Å²) in [4.78, 5) is 12.3. The number of ether oxygens (including phenoxy) is 2. The van der Waals surface area contributed by atoms with Gasteiger partial charge in [-0.25, -0.2) is 8.42 Å². The Morgan fingerprint density at radius 2 is 1.58 bits per heavy atom. The Balaban J connectivity index is 1.22. The number of rotatable bonds is 22. The van der Waals surface area contributed by atoms with Gasteiger partial charge >= 0.3 is 16.3 Å². The van der Waals surface area contributed by atoms with E-state index in [1.54, 1.807) is 30.3 Å². The molecule has 0 unspecified atom stereocenters. The van der Waals surface area contributed by atoms with Crippen LogP contribution in [-0.2, 0) is 58.2 Å². The molecule has 0 amide bonds. The lowest BCUT2D eigenvalue weighted by Gasteiger charge is -2.14. The number of aliphatic hydroxyl groups is 2. The van der Waals surface area contributed by atoms with E-state index in [-0.39, 0.29) is 36.0 Å². The van der Waals surface area contributed by atoms with Gasteiger partial charge in [-0.05, 0) is 72.5 Å². The number of phenols is 1. The van der Waals surface area contributed by atoms with Crippen LogP contribution in [0.25, 0.3) is 0 Å². The number of hydrogen-bond acceptors (Lipinski definition) is 12. The van der Waals surface area contributed by atoms with Gasteiger partial charge in [0, 0.05) is 25.0 Å². The largest absolute Gasteiger partial charge is 0.508 e. The number of anilines is 1. The SMILES string of the molecule is CS(=O)(=O)c1ccc(CC(=O)OS(=O)(=O)Nc2cccc(COCCOCCCCCCNC[C@H](O)c3ccc(O)c(CO)c3)c2)cc1. The number of carbonyl (C=O) groups excluding carboxylic acids is 1. The van der Waals surface area contributed by atoms with E-state index in [4.69, 9.17) is 9.47 Å². The third kappa shape index (κ3) is 14.3. The molecule has 0 spiro atoms. The van der Waals surface area contributed by atoms with Crippen LogP contribution in [0, 0.1) is 0 Å². The molecule has 15 heteroatoms. The van der Waals surface area contributed by atoms with Crippen LogP contribution in [-0.4, -0.2) is 77.3 Å². The van der Waals surface area contributed by atoms with E-state index in [2.05, 4.69) is 14.2 Å². The first kappa shape index (κ1) is 38.9. The van der Waals surface area contributed by atoms with Crippen molar-refractivity contribution in [1.29, 1.82) is 0 Å². The Labute approximate surface area is 282 Å². The van der Waals surface area contributed by atoms with Crippen LogP contribution in [0.5, 0.6) is 5.75 Å². The van der Waals surface area contributed by atoms with Gasteiger partial charge in [0.05, 0.1) is 49.5 Å². The fourth-order valence-corrected chi connectivity index (χ4v) is 5.97. The number of sulfone groups is 1. The summed E-state index contributed by atoms with van der Waals surface area (Å²) in [5, 5.41) is 32.4. The van der Waals surface area contributed by atoms with Crippen LogP contribution >= 0.6 is 0 Å². The summed E-state index contributed by atoms with van der Waals surface area (Å²) in [6, 6.07) is 16.7. The summed E-state index contributed by atoms with van der Waals surface area (Å²) >= 11 is 0. The van der Waals surface area contributed by atoms with E-state index in [1.165, 1.54) is 36.4 Å². The highest BCUT2D eigenvalue weighted by Crippen LogP contribution is 2.22. The van der Waals surface area contributed by atoms with Crippen molar-refractivity contribution in [2.24, 2.45) is 0 Å². The lowest BCUT2D eigenvalue weighted by atomic mass is 10.1. The second-order valence-electron chi connectivity index (χ2n) is 11.2. The molecule has 0 bridgehead atoms. The quantitative estimate of drug-likeness (QED) is 0.0958. The van der Waals surface area contributed by atoms with Crippen LogP contribution in [0.1, 0.15) is 54.0 Å². The van der Waals surface area contributed by atoms with Gasteiger partial charge in [-0.2, -0.15) is 8.42 Å². The maximum absolute atomic E-state index is 12.4. The summed E-state index contributed by atoms with van der Waals surface area (Å²) in [6.45, 7) is 2.43. The minimum absolute atomic E-state index is 0.00589. The monoisotopic (exact) mass is 708 g/mol. The zero-order chi connectivity index (χ0) is 35.0. The molecule has 264 valence electrons. The average Bonchev–Trinajstić information content (AvgIpc) is 3.02. The second kappa shape index (κ2) is 19.4. The maximum atomic E-state index is 12.4. The van der Waals surface area contributed by atoms with Gasteiger partial charge in [0.15, 0.2) is 9.84 Å². The zero-order valence-corrected chi connectivity index (χ0v) is 28.5. The highest BCUT2D eigenvalue weighted by Gasteiger charge is 2.18. The molecular formula is C33H44N2O11S2. The van der Waals surface area contributed by atoms with Crippen molar-refractivity contribution in [3.63, 3.8) is 0 Å². The van der Waals surface area contributed by atoms with Gasteiger partial charge in [-0.1, -0.05) is 43.2 Å². The van der Waals surface area contributed by atoms with Gasteiger partial charge < -0.3 is 34.3 Å². The number of benzene rings is 3. The molecule has 0 radical (unpaired) electrons. The third-order valence-electron chi connectivity index (χ3n) is 7.10. The standard InChI is InChI=1S/C33H44N2O11S2/c1-47(40,41)30-12-9-25(10-13-30)20-33(39)46-48(42,43)35-29-8-6-7-26(19-29)24-45-18-17-44-16-5-3-2-4-15-34-22-32(38)27-11-14-31(37)28(21-27)23-36/h6-14,19,21,32,34-38H,2-5,15-18,20,22-24H2,1H3/t32-/m0/s1. The molecular weight excluding hydrogens is 665 g/mol. The Hall–Kier alpha value is -3.57. The highest BCUT2D eigenvalue weighted by atomic mass is 32.2. The minimum Gasteiger partial charge on any atom is -0.508 e. The van der Waals surface area contributed by atoms with Crippen molar-refractivity contribution in [3.8, 4) is 5.75 Å². The Morgan fingerprint density at radius 1 is 0.854 bits per heavy atom. The average molecular weight is 709 g/mol. The molecule has 3 aromatic rings. The number of aliphatic hydroxyl groups excluding tert-OH is 2.